The van der Waals surface area contributed by atoms with Gasteiger partial charge in [-0.2, -0.15) is 0 Å². The van der Waals surface area contributed by atoms with E-state index in [9.17, 15) is 0 Å². The van der Waals surface area contributed by atoms with Gasteiger partial charge in [-0.25, -0.2) is 0 Å². The minimum absolute atomic E-state index is 0. The van der Waals surface area contributed by atoms with Crippen LogP contribution >= 0.6 is 24.8 Å². The van der Waals surface area contributed by atoms with Crippen LogP contribution in [0, 0.1) is 0 Å². The van der Waals surface area contributed by atoms with E-state index in [4.69, 9.17) is 0 Å². The van der Waals surface area contributed by atoms with Gasteiger partial charge in [0.2, 0.25) is 0 Å². The molecule has 0 aromatic carbocycles. The Morgan fingerprint density at radius 1 is 1.33 bits per heavy atom. The molecule has 5 heteroatoms. The second-order valence-electron chi connectivity index (χ2n) is 3.45. The van der Waals surface area contributed by atoms with E-state index in [2.05, 4.69) is 34.3 Å². The van der Waals surface area contributed by atoms with E-state index in [0.29, 0.717) is 6.04 Å². The summed E-state index contributed by atoms with van der Waals surface area (Å²) in [6, 6.07) is 4.72. The molecule has 1 aromatic rings. The summed E-state index contributed by atoms with van der Waals surface area (Å²) in [5.41, 5.74) is 1.28. The van der Waals surface area contributed by atoms with Crippen molar-refractivity contribution in [2.24, 2.45) is 0 Å². The van der Waals surface area contributed by atoms with Crippen LogP contribution in [-0.4, -0.2) is 30.7 Å². The average molecular weight is 250 g/mol. The summed E-state index contributed by atoms with van der Waals surface area (Å²) in [6.45, 7) is 5.48. The lowest BCUT2D eigenvalue weighted by atomic mass is 10.2. The van der Waals surface area contributed by atoms with Crippen molar-refractivity contribution < 1.29 is 0 Å². The van der Waals surface area contributed by atoms with E-state index in [1.807, 2.05) is 12.4 Å². The number of hydrogen-bond acceptors (Lipinski definition) is 3. The number of anilines is 1. The fourth-order valence-corrected chi connectivity index (χ4v) is 1.76. The lowest BCUT2D eigenvalue weighted by molar-refractivity contribution is 0.501. The van der Waals surface area contributed by atoms with Crippen molar-refractivity contribution in [1.29, 1.82) is 0 Å². The van der Waals surface area contributed by atoms with Gasteiger partial charge >= 0.3 is 0 Å². The van der Waals surface area contributed by atoms with Crippen molar-refractivity contribution in [2.75, 3.05) is 24.5 Å². The molecule has 1 aromatic heterocycles. The number of aromatic nitrogens is 1. The van der Waals surface area contributed by atoms with Gasteiger partial charge in [-0.1, -0.05) is 0 Å². The Labute approximate surface area is 103 Å². The van der Waals surface area contributed by atoms with Gasteiger partial charge in [0.05, 0.1) is 0 Å². The van der Waals surface area contributed by atoms with E-state index in [-0.39, 0.29) is 24.8 Å². The summed E-state index contributed by atoms with van der Waals surface area (Å²) in [7, 11) is 0. The van der Waals surface area contributed by atoms with Crippen LogP contribution < -0.4 is 10.2 Å². The van der Waals surface area contributed by atoms with E-state index in [1.54, 1.807) is 0 Å². The molecule has 86 valence electrons. The number of nitrogens with one attached hydrogen (secondary N) is 1. The number of hydrogen-bond donors (Lipinski definition) is 1. The number of piperazine rings is 1. The highest BCUT2D eigenvalue weighted by Gasteiger charge is 2.17. The van der Waals surface area contributed by atoms with Crippen LogP contribution in [0.1, 0.15) is 6.92 Å². The van der Waals surface area contributed by atoms with Crippen molar-refractivity contribution in [1.82, 2.24) is 10.3 Å². The zero-order valence-electron chi connectivity index (χ0n) is 8.72. The van der Waals surface area contributed by atoms with Gasteiger partial charge in [0.1, 0.15) is 0 Å². The first-order valence-corrected chi connectivity index (χ1v) is 4.75. The van der Waals surface area contributed by atoms with Gasteiger partial charge in [0, 0.05) is 43.8 Å². The van der Waals surface area contributed by atoms with Gasteiger partial charge < -0.3 is 10.2 Å². The molecule has 3 nitrogen and oxygen atoms in total. The van der Waals surface area contributed by atoms with Crippen LogP contribution in [0.5, 0.6) is 0 Å². The largest absolute Gasteiger partial charge is 0.366 e. The molecule has 0 saturated carbocycles. The molecule has 2 heterocycles. The van der Waals surface area contributed by atoms with Crippen LogP contribution in [0.25, 0.3) is 0 Å². The second-order valence-corrected chi connectivity index (χ2v) is 3.45. The van der Waals surface area contributed by atoms with E-state index in [0.717, 1.165) is 19.6 Å². The molecule has 0 aliphatic carbocycles. The lowest BCUT2D eigenvalue weighted by Gasteiger charge is -2.35. The molecule has 1 atom stereocenters. The summed E-state index contributed by atoms with van der Waals surface area (Å²) in [5.74, 6) is 0. The number of rotatable bonds is 1. The predicted molar refractivity (Wildman–Crippen MR) is 68.4 cm³/mol. The van der Waals surface area contributed by atoms with Crippen LogP contribution in [0.3, 0.4) is 0 Å². The standard InChI is InChI=1S/C10H15N3.2ClH/c1-9-8-12-6-7-13(9)10-2-4-11-5-3-10;;/h2-5,9,12H,6-8H2,1H3;2*1H/t9-;;/m0../s1. The summed E-state index contributed by atoms with van der Waals surface area (Å²) < 4.78 is 0. The molecule has 0 spiro atoms. The normalized spacial score (nSPS) is 20.1. The van der Waals surface area contributed by atoms with Gasteiger partial charge in [0.15, 0.2) is 0 Å². The summed E-state index contributed by atoms with van der Waals surface area (Å²) in [4.78, 5) is 6.44. The van der Waals surface area contributed by atoms with E-state index < -0.39 is 0 Å². The molecule has 1 fully saturated rings. The highest BCUT2D eigenvalue weighted by atomic mass is 35.5. The predicted octanol–water partition coefficient (Wildman–Crippen LogP) is 1.72. The molecule has 1 aliphatic heterocycles. The third-order valence-corrected chi connectivity index (χ3v) is 2.50. The van der Waals surface area contributed by atoms with E-state index >= 15 is 0 Å². The Hall–Kier alpha value is -0.510. The van der Waals surface area contributed by atoms with E-state index in [1.165, 1.54) is 5.69 Å². The number of nitrogens with zero attached hydrogens (tertiary/aromatic N) is 2. The Morgan fingerprint density at radius 3 is 2.60 bits per heavy atom. The van der Waals surface area contributed by atoms with Gasteiger partial charge in [0.25, 0.3) is 0 Å². The van der Waals surface area contributed by atoms with Gasteiger partial charge in [-0.05, 0) is 19.1 Å². The Morgan fingerprint density at radius 2 is 2.00 bits per heavy atom. The SMILES string of the molecule is C[C@H]1CNCCN1c1ccncc1.Cl.Cl. The quantitative estimate of drug-likeness (QED) is 0.822. The van der Waals surface area contributed by atoms with Gasteiger partial charge in [-0.3, -0.25) is 4.98 Å². The van der Waals surface area contributed by atoms with Crippen LogP contribution in [-0.2, 0) is 0 Å². The molecule has 0 bridgehead atoms. The lowest BCUT2D eigenvalue weighted by Crippen LogP contribution is -2.49. The first-order valence-electron chi connectivity index (χ1n) is 4.75. The average Bonchev–Trinajstić information content (AvgIpc) is 2.20. The minimum Gasteiger partial charge on any atom is -0.366 e. The fourth-order valence-electron chi connectivity index (χ4n) is 1.76. The summed E-state index contributed by atoms with van der Waals surface area (Å²) in [5, 5.41) is 3.38. The minimum atomic E-state index is 0. The zero-order valence-corrected chi connectivity index (χ0v) is 10.4. The molecule has 1 saturated heterocycles. The smallest absolute Gasteiger partial charge is 0.0400 e. The van der Waals surface area contributed by atoms with Crippen LogP contribution in [0.2, 0.25) is 0 Å². The van der Waals surface area contributed by atoms with Crippen LogP contribution in [0.15, 0.2) is 24.5 Å². The Bertz CT molecular complexity index is 269. The zero-order chi connectivity index (χ0) is 9.10. The number of pyridine rings is 1. The second kappa shape index (κ2) is 6.88. The first-order chi connectivity index (χ1) is 6.38. The maximum absolute atomic E-state index is 4.02. The Balaban J connectivity index is 0.000000980. The molecule has 0 radical (unpaired) electrons. The molecule has 0 amide bonds. The maximum Gasteiger partial charge on any atom is 0.0400 e. The number of halogens is 2. The summed E-state index contributed by atoms with van der Waals surface area (Å²) >= 11 is 0. The van der Waals surface area contributed by atoms with Crippen molar-refractivity contribution >= 4 is 30.5 Å². The first kappa shape index (κ1) is 14.5. The molecule has 0 unspecified atom stereocenters. The molecule has 1 aliphatic rings. The summed E-state index contributed by atoms with van der Waals surface area (Å²) in [6.07, 6.45) is 3.70. The third-order valence-electron chi connectivity index (χ3n) is 2.50. The fraction of sp³-hybridized carbons (Fsp3) is 0.500. The van der Waals surface area contributed by atoms with Gasteiger partial charge in [-0.15, -0.1) is 24.8 Å². The Kier molecular flexibility index (Phi) is 6.65. The monoisotopic (exact) mass is 249 g/mol. The molecular weight excluding hydrogens is 233 g/mol. The maximum atomic E-state index is 4.02. The third kappa shape index (κ3) is 3.52. The van der Waals surface area contributed by atoms with Crippen molar-refractivity contribution in [2.45, 2.75) is 13.0 Å². The topological polar surface area (TPSA) is 28.2 Å². The highest BCUT2D eigenvalue weighted by Crippen LogP contribution is 2.16. The van der Waals surface area contributed by atoms with Crippen molar-refractivity contribution in [3.8, 4) is 0 Å². The molecular formula is C10H17Cl2N3. The van der Waals surface area contributed by atoms with Crippen LogP contribution in [0.4, 0.5) is 5.69 Å². The molecule has 15 heavy (non-hydrogen) atoms. The molecule has 2 rings (SSSR count). The highest BCUT2D eigenvalue weighted by molar-refractivity contribution is 5.85. The van der Waals surface area contributed by atoms with Crippen molar-refractivity contribution in [3.05, 3.63) is 24.5 Å². The molecule has 1 N–H and O–H groups in total. The van der Waals surface area contributed by atoms with Crippen molar-refractivity contribution in [3.63, 3.8) is 0 Å².